The van der Waals surface area contributed by atoms with Crippen molar-refractivity contribution in [2.75, 3.05) is 44.2 Å². The molecule has 29 heavy (non-hydrogen) atoms. The summed E-state index contributed by atoms with van der Waals surface area (Å²) in [6.45, 7) is 9.84. The van der Waals surface area contributed by atoms with Crippen LogP contribution in [0.15, 0.2) is 35.6 Å². The fourth-order valence-electron chi connectivity index (χ4n) is 3.58. The fraction of sp³-hybridized carbons (Fsp3) is 0.524. The van der Waals surface area contributed by atoms with Crippen molar-refractivity contribution in [3.8, 4) is 0 Å². The lowest BCUT2D eigenvalue weighted by Gasteiger charge is -2.38. The molecule has 6 nitrogen and oxygen atoms in total. The average Bonchev–Trinajstić information content (AvgIpc) is 3.11. The minimum absolute atomic E-state index is 0. The van der Waals surface area contributed by atoms with Crippen LogP contribution in [0.3, 0.4) is 0 Å². The first kappa shape index (κ1) is 23.8. The number of guanidine groups is 1. The number of benzene rings is 1. The van der Waals surface area contributed by atoms with E-state index >= 15 is 0 Å². The Labute approximate surface area is 196 Å². The van der Waals surface area contributed by atoms with Crippen molar-refractivity contribution in [2.24, 2.45) is 12.0 Å². The highest BCUT2D eigenvalue weighted by atomic mass is 127. The van der Waals surface area contributed by atoms with Crippen LogP contribution in [0.4, 0.5) is 5.69 Å². The highest BCUT2D eigenvalue weighted by molar-refractivity contribution is 14.0. The third-order valence-corrected chi connectivity index (χ3v) is 5.30. The van der Waals surface area contributed by atoms with Crippen LogP contribution in [-0.4, -0.2) is 59.9 Å². The zero-order valence-corrected chi connectivity index (χ0v) is 20.7. The summed E-state index contributed by atoms with van der Waals surface area (Å²) in [6, 6.07) is 6.13. The van der Waals surface area contributed by atoms with Crippen molar-refractivity contribution >= 4 is 47.2 Å². The van der Waals surface area contributed by atoms with Gasteiger partial charge in [-0.15, -0.1) is 24.0 Å². The normalized spacial score (nSPS) is 14.7. The molecule has 3 rings (SSSR count). The van der Waals surface area contributed by atoms with E-state index in [-0.39, 0.29) is 24.0 Å². The first-order valence-corrected chi connectivity index (χ1v) is 10.5. The molecule has 8 heteroatoms. The summed E-state index contributed by atoms with van der Waals surface area (Å²) < 4.78 is 1.85. The Morgan fingerprint density at radius 1 is 1.24 bits per heavy atom. The van der Waals surface area contributed by atoms with E-state index in [0.717, 1.165) is 63.1 Å². The maximum atomic E-state index is 6.20. The van der Waals surface area contributed by atoms with E-state index in [0.29, 0.717) is 0 Å². The molecule has 0 saturated carbocycles. The van der Waals surface area contributed by atoms with Crippen LogP contribution >= 0.6 is 35.6 Å². The van der Waals surface area contributed by atoms with Gasteiger partial charge in [-0.3, -0.25) is 9.67 Å². The van der Waals surface area contributed by atoms with E-state index in [4.69, 9.17) is 16.6 Å². The largest absolute Gasteiger partial charge is 0.368 e. The molecule has 1 fully saturated rings. The van der Waals surface area contributed by atoms with E-state index in [2.05, 4.69) is 52.4 Å². The number of piperazine rings is 1. The summed E-state index contributed by atoms with van der Waals surface area (Å²) in [5, 5.41) is 8.47. The van der Waals surface area contributed by atoms with Crippen molar-refractivity contribution in [2.45, 2.75) is 26.7 Å². The second-order valence-corrected chi connectivity index (χ2v) is 7.70. The minimum Gasteiger partial charge on any atom is -0.368 e. The molecule has 1 aliphatic rings. The molecular formula is C21H32ClIN6. The number of hydrogen-bond donors (Lipinski definition) is 1. The molecule has 1 aromatic heterocycles. The molecule has 1 saturated heterocycles. The predicted molar refractivity (Wildman–Crippen MR) is 133 cm³/mol. The molecule has 0 radical (unpaired) electrons. The smallest absolute Gasteiger partial charge is 0.194 e. The lowest BCUT2D eigenvalue weighted by molar-refractivity contribution is 0.372. The Kier molecular flexibility index (Phi) is 9.55. The van der Waals surface area contributed by atoms with Gasteiger partial charge in [0.05, 0.1) is 6.20 Å². The zero-order valence-electron chi connectivity index (χ0n) is 17.6. The topological polar surface area (TPSA) is 48.7 Å². The number of nitrogens with one attached hydrogen (secondary N) is 1. The quantitative estimate of drug-likeness (QED) is 0.268. The molecule has 0 amide bonds. The van der Waals surface area contributed by atoms with Crippen LogP contribution in [0.5, 0.6) is 0 Å². The SMILES string of the molecule is CCNC(=NCCCc1cnn(C)c1)N1CCN(c2cc(Cl)ccc2C)CC1.I. The number of nitrogens with zero attached hydrogens (tertiary/aromatic N) is 5. The molecule has 160 valence electrons. The molecule has 0 unspecified atom stereocenters. The molecule has 0 bridgehead atoms. The van der Waals surface area contributed by atoms with E-state index in [1.807, 2.05) is 24.0 Å². The van der Waals surface area contributed by atoms with E-state index in [9.17, 15) is 0 Å². The van der Waals surface area contributed by atoms with Crippen LogP contribution in [0, 0.1) is 6.92 Å². The van der Waals surface area contributed by atoms with Gasteiger partial charge in [0.15, 0.2) is 5.96 Å². The van der Waals surface area contributed by atoms with Crippen LogP contribution in [-0.2, 0) is 13.5 Å². The molecule has 2 heterocycles. The summed E-state index contributed by atoms with van der Waals surface area (Å²) in [7, 11) is 1.95. The summed E-state index contributed by atoms with van der Waals surface area (Å²) in [5.41, 5.74) is 3.78. The number of halogens is 2. The van der Waals surface area contributed by atoms with Gasteiger partial charge in [0.2, 0.25) is 0 Å². The second-order valence-electron chi connectivity index (χ2n) is 7.27. The van der Waals surface area contributed by atoms with Crippen LogP contribution in [0.1, 0.15) is 24.5 Å². The first-order valence-electron chi connectivity index (χ1n) is 10.1. The number of hydrogen-bond acceptors (Lipinski definition) is 3. The van der Waals surface area contributed by atoms with E-state index in [1.54, 1.807) is 0 Å². The van der Waals surface area contributed by atoms with Gasteiger partial charge in [-0.2, -0.15) is 5.10 Å². The Morgan fingerprint density at radius 2 is 2.00 bits per heavy atom. The second kappa shape index (κ2) is 11.6. The zero-order chi connectivity index (χ0) is 19.9. The summed E-state index contributed by atoms with van der Waals surface area (Å²) >= 11 is 6.20. The van der Waals surface area contributed by atoms with E-state index < -0.39 is 0 Å². The average molecular weight is 531 g/mol. The number of aryl methyl sites for hydroxylation is 3. The van der Waals surface area contributed by atoms with Crippen LogP contribution in [0.25, 0.3) is 0 Å². The maximum absolute atomic E-state index is 6.20. The van der Waals surface area contributed by atoms with Gasteiger partial charge in [-0.05, 0) is 49.9 Å². The fourth-order valence-corrected chi connectivity index (χ4v) is 3.74. The molecule has 0 spiro atoms. The Hall–Kier alpha value is -1.48. The van der Waals surface area contributed by atoms with Gasteiger partial charge in [-0.25, -0.2) is 0 Å². The third-order valence-electron chi connectivity index (χ3n) is 5.07. The molecule has 1 aliphatic heterocycles. The Morgan fingerprint density at radius 3 is 2.66 bits per heavy atom. The monoisotopic (exact) mass is 530 g/mol. The molecule has 2 aromatic rings. The maximum Gasteiger partial charge on any atom is 0.194 e. The van der Waals surface area contributed by atoms with Crippen LogP contribution < -0.4 is 10.2 Å². The van der Waals surface area contributed by atoms with Crippen molar-refractivity contribution in [1.29, 1.82) is 0 Å². The number of rotatable bonds is 6. The summed E-state index contributed by atoms with van der Waals surface area (Å²) in [4.78, 5) is 9.64. The summed E-state index contributed by atoms with van der Waals surface area (Å²) in [6.07, 6.45) is 6.05. The lowest BCUT2D eigenvalue weighted by Crippen LogP contribution is -2.52. The van der Waals surface area contributed by atoms with Crippen molar-refractivity contribution in [3.05, 3.63) is 46.7 Å². The predicted octanol–water partition coefficient (Wildman–Crippen LogP) is 3.72. The molecule has 0 atom stereocenters. The third kappa shape index (κ3) is 6.77. The first-order chi connectivity index (χ1) is 13.6. The molecule has 0 aliphatic carbocycles. The van der Waals surface area contributed by atoms with Crippen LogP contribution in [0.2, 0.25) is 5.02 Å². The van der Waals surface area contributed by atoms with Gasteiger partial charge >= 0.3 is 0 Å². The van der Waals surface area contributed by atoms with Crippen molar-refractivity contribution in [3.63, 3.8) is 0 Å². The summed E-state index contributed by atoms with van der Waals surface area (Å²) in [5.74, 6) is 1.02. The van der Waals surface area contributed by atoms with Gasteiger partial charge in [0, 0.05) is 63.2 Å². The Bertz CT molecular complexity index is 798. The van der Waals surface area contributed by atoms with Gasteiger partial charge in [0.25, 0.3) is 0 Å². The van der Waals surface area contributed by atoms with Crippen molar-refractivity contribution < 1.29 is 0 Å². The molecule has 1 aromatic carbocycles. The Balaban J connectivity index is 0.00000300. The molecular weight excluding hydrogens is 499 g/mol. The number of anilines is 1. The highest BCUT2D eigenvalue weighted by Crippen LogP contribution is 2.25. The molecule has 1 N–H and O–H groups in total. The number of aromatic nitrogens is 2. The van der Waals surface area contributed by atoms with Crippen molar-refractivity contribution in [1.82, 2.24) is 20.0 Å². The van der Waals surface area contributed by atoms with Gasteiger partial charge in [-0.1, -0.05) is 17.7 Å². The van der Waals surface area contributed by atoms with E-state index in [1.165, 1.54) is 16.8 Å². The van der Waals surface area contributed by atoms with Gasteiger partial charge < -0.3 is 15.1 Å². The standard InChI is InChI=1S/C21H31ClN6.HI/c1-4-23-21(24-9-5-6-18-15-25-26(3)16-18)28-12-10-27(11-13-28)20-14-19(22)8-7-17(20)2;/h7-8,14-16H,4-6,9-13H2,1-3H3,(H,23,24);1H. The minimum atomic E-state index is 0. The lowest BCUT2D eigenvalue weighted by atomic mass is 10.1. The number of aliphatic imine (C=N–C) groups is 1. The highest BCUT2D eigenvalue weighted by Gasteiger charge is 2.20. The van der Waals surface area contributed by atoms with Gasteiger partial charge in [0.1, 0.15) is 0 Å².